The number of hydrogen-bond acceptors (Lipinski definition) is 2. The van der Waals surface area contributed by atoms with Crippen molar-refractivity contribution in [1.82, 2.24) is 4.90 Å². The first-order chi connectivity index (χ1) is 8.56. The van der Waals surface area contributed by atoms with Gasteiger partial charge in [-0.25, -0.2) is 0 Å². The summed E-state index contributed by atoms with van der Waals surface area (Å²) in [5.41, 5.74) is 3.60. The van der Waals surface area contributed by atoms with Gasteiger partial charge in [-0.15, -0.1) is 0 Å². The van der Waals surface area contributed by atoms with Crippen molar-refractivity contribution in [3.8, 4) is 0 Å². The Balaban J connectivity index is 1.94. The van der Waals surface area contributed by atoms with Crippen LogP contribution in [0.15, 0.2) is 18.2 Å². The molecule has 2 nitrogen and oxygen atoms in total. The van der Waals surface area contributed by atoms with Crippen LogP contribution in [0.25, 0.3) is 0 Å². The molecular weight excluding hydrogens is 222 g/mol. The fourth-order valence-corrected chi connectivity index (χ4v) is 2.57. The first-order valence-electron chi connectivity index (χ1n) is 7.04. The van der Waals surface area contributed by atoms with Gasteiger partial charge in [-0.3, -0.25) is 0 Å². The normalized spacial score (nSPS) is 20.0. The van der Waals surface area contributed by atoms with Gasteiger partial charge in [-0.2, -0.15) is 0 Å². The Morgan fingerprint density at radius 1 is 1.22 bits per heavy atom. The highest BCUT2D eigenvalue weighted by atomic mass is 16.3. The Labute approximate surface area is 111 Å². The van der Waals surface area contributed by atoms with Crippen LogP contribution < -0.4 is 0 Å². The summed E-state index contributed by atoms with van der Waals surface area (Å²) in [7, 11) is 0. The Kier molecular flexibility index (Phi) is 4.41. The van der Waals surface area contributed by atoms with E-state index in [0.29, 0.717) is 0 Å². The van der Waals surface area contributed by atoms with Crippen molar-refractivity contribution in [2.24, 2.45) is 5.92 Å². The topological polar surface area (TPSA) is 23.5 Å². The minimum absolute atomic E-state index is 0.349. The molecule has 0 bridgehead atoms. The van der Waals surface area contributed by atoms with Gasteiger partial charge in [0.25, 0.3) is 0 Å². The van der Waals surface area contributed by atoms with Crippen molar-refractivity contribution in [1.29, 1.82) is 0 Å². The Hall–Kier alpha value is -0.860. The minimum atomic E-state index is -0.349. The van der Waals surface area contributed by atoms with Gasteiger partial charge in [0.05, 0.1) is 6.10 Å². The smallest absolute Gasteiger partial charge is 0.0917 e. The van der Waals surface area contributed by atoms with E-state index >= 15 is 0 Å². The quantitative estimate of drug-likeness (QED) is 0.887. The van der Waals surface area contributed by atoms with Crippen molar-refractivity contribution < 1.29 is 5.11 Å². The van der Waals surface area contributed by atoms with Crippen LogP contribution in [0.1, 0.15) is 42.6 Å². The Morgan fingerprint density at radius 2 is 1.89 bits per heavy atom. The molecule has 100 valence electrons. The molecule has 0 saturated carbocycles. The molecule has 1 aromatic carbocycles. The van der Waals surface area contributed by atoms with Gasteiger partial charge in [0.2, 0.25) is 0 Å². The summed E-state index contributed by atoms with van der Waals surface area (Å²) in [4.78, 5) is 2.39. The van der Waals surface area contributed by atoms with Crippen LogP contribution in [0.4, 0.5) is 0 Å². The average Bonchev–Trinajstić information content (AvgIpc) is 2.35. The zero-order chi connectivity index (χ0) is 13.1. The van der Waals surface area contributed by atoms with Gasteiger partial charge >= 0.3 is 0 Å². The average molecular weight is 247 g/mol. The van der Waals surface area contributed by atoms with Crippen LogP contribution in [-0.4, -0.2) is 29.6 Å². The van der Waals surface area contributed by atoms with E-state index in [1.165, 1.54) is 24.0 Å². The lowest BCUT2D eigenvalue weighted by Gasteiger charge is -2.31. The summed E-state index contributed by atoms with van der Waals surface area (Å²) in [6.07, 6.45) is 2.18. The summed E-state index contributed by atoms with van der Waals surface area (Å²) in [6.45, 7) is 9.56. The minimum Gasteiger partial charge on any atom is -0.387 e. The van der Waals surface area contributed by atoms with E-state index in [2.05, 4.69) is 43.9 Å². The zero-order valence-corrected chi connectivity index (χ0v) is 11.8. The fraction of sp³-hybridized carbons (Fsp3) is 0.625. The third-order valence-corrected chi connectivity index (χ3v) is 4.22. The van der Waals surface area contributed by atoms with E-state index in [9.17, 15) is 5.11 Å². The lowest BCUT2D eigenvalue weighted by molar-refractivity contribution is 0.0916. The maximum atomic E-state index is 10.3. The molecule has 0 radical (unpaired) electrons. The molecule has 0 aromatic heterocycles. The van der Waals surface area contributed by atoms with Gasteiger partial charge in [0.15, 0.2) is 0 Å². The van der Waals surface area contributed by atoms with Crippen LogP contribution in [0, 0.1) is 19.8 Å². The fourth-order valence-electron chi connectivity index (χ4n) is 2.57. The first-order valence-corrected chi connectivity index (χ1v) is 7.04. The molecule has 1 heterocycles. The molecule has 2 heteroatoms. The van der Waals surface area contributed by atoms with Gasteiger partial charge < -0.3 is 10.0 Å². The second kappa shape index (κ2) is 5.85. The molecule has 1 aliphatic heterocycles. The second-order valence-electron chi connectivity index (χ2n) is 5.84. The zero-order valence-electron chi connectivity index (χ0n) is 11.8. The highest BCUT2D eigenvalue weighted by molar-refractivity contribution is 5.31. The Bertz CT molecular complexity index is 394. The SMILES string of the molecule is Cc1ccc(C(O)CN2CCC(C)CC2)cc1C. The van der Waals surface area contributed by atoms with Crippen molar-refractivity contribution >= 4 is 0 Å². The number of piperidine rings is 1. The molecule has 0 amide bonds. The summed E-state index contributed by atoms with van der Waals surface area (Å²) < 4.78 is 0. The van der Waals surface area contributed by atoms with Crippen LogP contribution in [0.2, 0.25) is 0 Å². The highest BCUT2D eigenvalue weighted by Gasteiger charge is 2.19. The number of aliphatic hydroxyl groups is 1. The number of hydrogen-bond donors (Lipinski definition) is 1. The molecule has 0 spiro atoms. The third kappa shape index (κ3) is 3.33. The van der Waals surface area contributed by atoms with Crippen LogP contribution in [-0.2, 0) is 0 Å². The lowest BCUT2D eigenvalue weighted by Crippen LogP contribution is -2.35. The number of aryl methyl sites for hydroxylation is 2. The number of β-amino-alcohol motifs (C(OH)–C–C–N with tert-alkyl or cyclic N) is 1. The van der Waals surface area contributed by atoms with E-state index in [-0.39, 0.29) is 6.10 Å². The Morgan fingerprint density at radius 3 is 2.50 bits per heavy atom. The van der Waals surface area contributed by atoms with Crippen molar-refractivity contribution in [2.45, 2.75) is 39.7 Å². The molecule has 2 rings (SSSR count). The third-order valence-electron chi connectivity index (χ3n) is 4.22. The number of benzene rings is 1. The van der Waals surface area contributed by atoms with E-state index < -0.39 is 0 Å². The number of rotatable bonds is 3. The molecule has 1 aromatic rings. The van der Waals surface area contributed by atoms with E-state index in [1.807, 2.05) is 0 Å². The summed E-state index contributed by atoms with van der Waals surface area (Å²) in [6, 6.07) is 6.28. The predicted octanol–water partition coefficient (Wildman–Crippen LogP) is 3.07. The molecule has 0 aliphatic carbocycles. The first kappa shape index (κ1) is 13.6. The van der Waals surface area contributed by atoms with Crippen LogP contribution >= 0.6 is 0 Å². The van der Waals surface area contributed by atoms with Gasteiger partial charge in [-0.1, -0.05) is 25.1 Å². The summed E-state index contributed by atoms with van der Waals surface area (Å²) in [5, 5.41) is 10.3. The standard InChI is InChI=1S/C16H25NO/c1-12-6-8-17(9-7-12)11-16(18)15-5-4-13(2)14(3)10-15/h4-5,10,12,16,18H,6-9,11H2,1-3H3. The molecule has 1 N–H and O–H groups in total. The highest BCUT2D eigenvalue weighted by Crippen LogP contribution is 2.21. The van der Waals surface area contributed by atoms with Crippen molar-refractivity contribution in [3.05, 3.63) is 34.9 Å². The van der Waals surface area contributed by atoms with E-state index in [4.69, 9.17) is 0 Å². The number of nitrogens with zero attached hydrogens (tertiary/aromatic N) is 1. The lowest BCUT2D eigenvalue weighted by atomic mass is 9.98. The van der Waals surface area contributed by atoms with E-state index in [0.717, 1.165) is 31.1 Å². The second-order valence-corrected chi connectivity index (χ2v) is 5.84. The van der Waals surface area contributed by atoms with Gasteiger partial charge in [-0.05, 0) is 62.4 Å². The molecular formula is C16H25NO. The molecule has 1 atom stereocenters. The predicted molar refractivity (Wildman–Crippen MR) is 75.7 cm³/mol. The maximum Gasteiger partial charge on any atom is 0.0917 e. The molecule has 1 unspecified atom stereocenters. The largest absolute Gasteiger partial charge is 0.387 e. The van der Waals surface area contributed by atoms with Crippen molar-refractivity contribution in [3.63, 3.8) is 0 Å². The monoisotopic (exact) mass is 247 g/mol. The molecule has 1 fully saturated rings. The summed E-state index contributed by atoms with van der Waals surface area (Å²) >= 11 is 0. The molecule has 1 saturated heterocycles. The number of likely N-dealkylation sites (tertiary alicyclic amines) is 1. The van der Waals surface area contributed by atoms with Crippen LogP contribution in [0.5, 0.6) is 0 Å². The molecule has 1 aliphatic rings. The van der Waals surface area contributed by atoms with Crippen molar-refractivity contribution in [2.75, 3.05) is 19.6 Å². The molecule has 18 heavy (non-hydrogen) atoms. The van der Waals surface area contributed by atoms with Crippen LogP contribution in [0.3, 0.4) is 0 Å². The maximum absolute atomic E-state index is 10.3. The van der Waals surface area contributed by atoms with E-state index in [1.54, 1.807) is 0 Å². The van der Waals surface area contributed by atoms with Gasteiger partial charge in [0.1, 0.15) is 0 Å². The number of aliphatic hydroxyl groups excluding tert-OH is 1. The van der Waals surface area contributed by atoms with Gasteiger partial charge in [0, 0.05) is 6.54 Å². The summed E-state index contributed by atoms with van der Waals surface area (Å²) in [5.74, 6) is 0.847.